The monoisotopic (exact) mass is 384 g/mol. The molecule has 0 fully saturated rings. The Morgan fingerprint density at radius 3 is 1.89 bits per heavy atom. The third-order valence-corrected chi connectivity index (χ3v) is 5.65. The molecule has 0 heterocycles. The van der Waals surface area contributed by atoms with Crippen LogP contribution >= 0.6 is 11.8 Å². The summed E-state index contributed by atoms with van der Waals surface area (Å²) < 4.78 is 5.19. The molecule has 0 saturated carbocycles. The zero-order valence-corrected chi connectivity index (χ0v) is 16.6. The number of methoxy groups -OCH3 is 1. The summed E-state index contributed by atoms with van der Waals surface area (Å²) in [5.74, 6) is -0.317. The number of fused-ring (bicyclic) bond motifs is 1. The fourth-order valence-electron chi connectivity index (χ4n) is 3.64. The quantitative estimate of drug-likeness (QED) is 0.292. The highest BCUT2D eigenvalue weighted by molar-refractivity contribution is 7.98. The van der Waals surface area contributed by atoms with E-state index in [1.165, 1.54) is 12.0 Å². The maximum Gasteiger partial charge on any atom is 0.339 e. The lowest BCUT2D eigenvalue weighted by molar-refractivity contribution is 0.0603. The molecular weight excluding hydrogens is 364 g/mol. The number of carbonyl (C=O) groups excluding carboxylic acids is 1. The minimum Gasteiger partial charge on any atom is -0.465 e. The molecule has 2 aromatic carbocycles. The minimum atomic E-state index is -0.317. The fourth-order valence-corrected chi connectivity index (χ4v) is 4.05. The third kappa shape index (κ3) is 3.19. The van der Waals surface area contributed by atoms with Crippen LogP contribution in [0.5, 0.6) is 0 Å². The molecule has 2 aromatic rings. The first-order valence-electron chi connectivity index (χ1n) is 9.07. The number of benzene rings is 2. The van der Waals surface area contributed by atoms with Gasteiger partial charge in [-0.2, -0.15) is 0 Å². The van der Waals surface area contributed by atoms with Crippen molar-refractivity contribution >= 4 is 17.7 Å². The van der Waals surface area contributed by atoms with Crippen LogP contribution in [0.15, 0.2) is 89.8 Å². The van der Waals surface area contributed by atoms with E-state index in [2.05, 4.69) is 48.7 Å². The van der Waals surface area contributed by atoms with Gasteiger partial charge in [-0.15, -0.1) is 11.8 Å². The summed E-state index contributed by atoms with van der Waals surface area (Å²) in [5.41, 5.74) is 6.63. The van der Waals surface area contributed by atoms with E-state index in [9.17, 15) is 4.79 Å². The highest BCUT2D eigenvalue weighted by atomic mass is 32.2. The summed E-state index contributed by atoms with van der Waals surface area (Å²) in [7, 11) is 1.44. The average Bonchev–Trinajstić information content (AvgIpc) is 2.89. The van der Waals surface area contributed by atoms with Crippen molar-refractivity contribution in [2.75, 3.05) is 13.4 Å². The van der Waals surface area contributed by atoms with E-state index in [0.29, 0.717) is 5.56 Å². The van der Waals surface area contributed by atoms with E-state index in [-0.39, 0.29) is 5.97 Å². The van der Waals surface area contributed by atoms with Gasteiger partial charge < -0.3 is 4.74 Å². The van der Waals surface area contributed by atoms with Gasteiger partial charge in [0.05, 0.1) is 12.7 Å². The van der Waals surface area contributed by atoms with Gasteiger partial charge in [-0.25, -0.2) is 4.79 Å². The van der Waals surface area contributed by atoms with Crippen molar-refractivity contribution in [1.82, 2.24) is 0 Å². The Balaban J connectivity index is 2.12. The fraction of sp³-hybridized carbons (Fsp3) is 0.0800. The number of esters is 1. The Hall–Kier alpha value is -3.04. The van der Waals surface area contributed by atoms with Gasteiger partial charge in [0.15, 0.2) is 0 Å². The van der Waals surface area contributed by atoms with Crippen molar-refractivity contribution in [3.05, 3.63) is 90.5 Å². The predicted molar refractivity (Wildman–Crippen MR) is 117 cm³/mol. The summed E-state index contributed by atoms with van der Waals surface area (Å²) in [6.45, 7) is 0. The van der Waals surface area contributed by atoms with Crippen LogP contribution in [0.3, 0.4) is 0 Å². The molecule has 138 valence electrons. The smallest absolute Gasteiger partial charge is 0.339 e. The summed E-state index contributed by atoms with van der Waals surface area (Å²) in [6.07, 6.45) is 2.06. The van der Waals surface area contributed by atoms with Crippen LogP contribution in [-0.4, -0.2) is 19.3 Å². The van der Waals surface area contributed by atoms with Crippen LogP contribution in [-0.2, 0) is 4.74 Å². The van der Waals surface area contributed by atoms with Gasteiger partial charge in [-0.05, 0) is 46.2 Å². The molecule has 2 aliphatic carbocycles. The largest absolute Gasteiger partial charge is 0.465 e. The lowest BCUT2D eigenvalue weighted by Gasteiger charge is -2.09. The van der Waals surface area contributed by atoms with Gasteiger partial charge in [0.25, 0.3) is 0 Å². The molecule has 2 aliphatic rings. The van der Waals surface area contributed by atoms with E-state index in [4.69, 9.17) is 4.74 Å². The molecule has 28 heavy (non-hydrogen) atoms. The zero-order chi connectivity index (χ0) is 19.5. The van der Waals surface area contributed by atoms with Crippen LogP contribution in [0.2, 0.25) is 0 Å². The number of rotatable bonds is 4. The number of carbonyl (C=O) groups is 1. The second-order valence-corrected chi connectivity index (χ2v) is 7.33. The van der Waals surface area contributed by atoms with Gasteiger partial charge >= 0.3 is 5.97 Å². The van der Waals surface area contributed by atoms with Crippen LogP contribution in [0.4, 0.5) is 0 Å². The second kappa shape index (κ2) is 7.91. The zero-order valence-electron chi connectivity index (χ0n) is 15.8. The molecule has 0 spiro atoms. The SMILES string of the molecule is COC(=O)c1c2cccccc-2c(-c2ccccc2)c1-c1ccc(SC)cc1. The molecule has 4 rings (SSSR count). The Morgan fingerprint density at radius 1 is 0.714 bits per heavy atom. The van der Waals surface area contributed by atoms with Crippen LogP contribution in [0.25, 0.3) is 33.4 Å². The lowest BCUT2D eigenvalue weighted by Crippen LogP contribution is -2.02. The van der Waals surface area contributed by atoms with Crippen molar-refractivity contribution in [3.8, 4) is 33.4 Å². The Kier molecular flexibility index (Phi) is 5.18. The molecule has 0 N–H and O–H groups in total. The summed E-state index contributed by atoms with van der Waals surface area (Å²) >= 11 is 1.70. The summed E-state index contributed by atoms with van der Waals surface area (Å²) in [5, 5.41) is 0. The molecule has 0 aliphatic heterocycles. The molecule has 0 bridgehead atoms. The number of hydrogen-bond acceptors (Lipinski definition) is 3. The number of ether oxygens (including phenoxy) is 1. The molecule has 0 radical (unpaired) electrons. The van der Waals surface area contributed by atoms with Crippen molar-refractivity contribution in [1.29, 1.82) is 0 Å². The maximum atomic E-state index is 12.9. The van der Waals surface area contributed by atoms with Crippen LogP contribution < -0.4 is 0 Å². The molecule has 2 nitrogen and oxygen atoms in total. The van der Waals surface area contributed by atoms with Gasteiger partial charge in [-0.1, -0.05) is 72.8 Å². The number of hydrogen-bond donors (Lipinski definition) is 0. The van der Waals surface area contributed by atoms with Gasteiger partial charge in [-0.3, -0.25) is 0 Å². The van der Waals surface area contributed by atoms with E-state index in [0.717, 1.165) is 33.4 Å². The van der Waals surface area contributed by atoms with E-state index in [1.807, 2.05) is 42.5 Å². The molecule has 0 amide bonds. The van der Waals surface area contributed by atoms with Gasteiger partial charge in [0.1, 0.15) is 0 Å². The van der Waals surface area contributed by atoms with Gasteiger partial charge in [0, 0.05) is 10.5 Å². The Bertz CT molecular complexity index is 1090. The second-order valence-electron chi connectivity index (χ2n) is 6.45. The van der Waals surface area contributed by atoms with Crippen LogP contribution in [0.1, 0.15) is 10.4 Å². The lowest BCUT2D eigenvalue weighted by atomic mass is 9.95. The molecule has 3 heteroatoms. The van der Waals surface area contributed by atoms with E-state index in [1.54, 1.807) is 11.8 Å². The highest BCUT2D eigenvalue weighted by Crippen LogP contribution is 2.48. The van der Waals surface area contributed by atoms with Gasteiger partial charge in [0.2, 0.25) is 0 Å². The standard InChI is InChI=1S/C25H20O2S/c1-27-25(26)24-21-12-8-4-7-11-20(21)22(17-9-5-3-6-10-17)23(24)18-13-15-19(28-2)16-14-18/h3-16H,1-2H3. The Labute approximate surface area is 169 Å². The molecule has 0 atom stereocenters. The van der Waals surface area contributed by atoms with Crippen molar-refractivity contribution < 1.29 is 9.53 Å². The third-order valence-electron chi connectivity index (χ3n) is 4.91. The number of thioether (sulfide) groups is 1. The minimum absolute atomic E-state index is 0.317. The predicted octanol–water partition coefficient (Wildman–Crippen LogP) is 6.63. The molecule has 0 unspecified atom stereocenters. The summed E-state index contributed by atoms with van der Waals surface area (Å²) in [6, 6.07) is 28.6. The highest BCUT2D eigenvalue weighted by Gasteiger charge is 2.28. The normalized spacial score (nSPS) is 10.8. The van der Waals surface area contributed by atoms with E-state index >= 15 is 0 Å². The van der Waals surface area contributed by atoms with E-state index < -0.39 is 0 Å². The first kappa shape index (κ1) is 18.3. The summed E-state index contributed by atoms with van der Waals surface area (Å²) in [4.78, 5) is 14.1. The van der Waals surface area contributed by atoms with Crippen molar-refractivity contribution in [2.45, 2.75) is 4.90 Å². The molecular formula is C25H20O2S. The first-order valence-corrected chi connectivity index (χ1v) is 10.3. The Morgan fingerprint density at radius 2 is 1.29 bits per heavy atom. The van der Waals surface area contributed by atoms with Crippen LogP contribution in [0, 0.1) is 0 Å². The first-order chi connectivity index (χ1) is 13.7. The topological polar surface area (TPSA) is 26.3 Å². The van der Waals surface area contributed by atoms with Crippen molar-refractivity contribution in [2.24, 2.45) is 0 Å². The molecule has 0 aromatic heterocycles. The average molecular weight is 385 g/mol. The van der Waals surface area contributed by atoms with Crippen molar-refractivity contribution in [3.63, 3.8) is 0 Å². The maximum absolute atomic E-state index is 12.9. The molecule has 0 saturated heterocycles.